The molecule has 0 aromatic carbocycles. The third-order valence-electron chi connectivity index (χ3n) is 2.70. The Kier molecular flexibility index (Phi) is 3.29. The molecule has 2 atom stereocenters. The van der Waals surface area contributed by atoms with Crippen molar-refractivity contribution >= 4 is 17.3 Å². The average molecular weight is 213 g/mol. The SMILES string of the molecule is CC(N)C(C)(CC(=O)O)c1ccsc1. The van der Waals surface area contributed by atoms with E-state index in [1.807, 2.05) is 30.7 Å². The quantitative estimate of drug-likeness (QED) is 0.802. The summed E-state index contributed by atoms with van der Waals surface area (Å²) in [5, 5.41) is 12.8. The molecule has 0 saturated carbocycles. The standard InChI is InChI=1S/C10H15NO2S/c1-7(11)10(2,5-9(12)13)8-3-4-14-6-8/h3-4,6-7H,5,11H2,1-2H3,(H,12,13). The van der Waals surface area contributed by atoms with Crippen molar-refractivity contribution < 1.29 is 9.90 Å². The first-order valence-electron chi connectivity index (χ1n) is 4.47. The Bertz CT molecular complexity index is 308. The molecule has 0 spiro atoms. The summed E-state index contributed by atoms with van der Waals surface area (Å²) in [6.45, 7) is 3.74. The third kappa shape index (κ3) is 2.13. The zero-order valence-electron chi connectivity index (χ0n) is 8.36. The topological polar surface area (TPSA) is 63.3 Å². The van der Waals surface area contributed by atoms with Crippen molar-refractivity contribution in [2.75, 3.05) is 0 Å². The molecule has 0 radical (unpaired) electrons. The van der Waals surface area contributed by atoms with Gasteiger partial charge in [-0.2, -0.15) is 11.3 Å². The van der Waals surface area contributed by atoms with Gasteiger partial charge in [-0.1, -0.05) is 6.92 Å². The molecule has 1 rings (SSSR count). The van der Waals surface area contributed by atoms with Crippen LogP contribution in [0.4, 0.5) is 0 Å². The minimum atomic E-state index is -0.809. The zero-order valence-corrected chi connectivity index (χ0v) is 9.17. The molecule has 0 fully saturated rings. The van der Waals surface area contributed by atoms with Crippen LogP contribution in [0.5, 0.6) is 0 Å². The van der Waals surface area contributed by atoms with Gasteiger partial charge in [0.25, 0.3) is 0 Å². The van der Waals surface area contributed by atoms with Gasteiger partial charge in [-0.05, 0) is 29.3 Å². The Hall–Kier alpha value is -0.870. The van der Waals surface area contributed by atoms with Gasteiger partial charge in [-0.15, -0.1) is 0 Å². The molecule has 1 aromatic heterocycles. The van der Waals surface area contributed by atoms with E-state index in [4.69, 9.17) is 10.8 Å². The maximum Gasteiger partial charge on any atom is 0.304 e. The summed E-state index contributed by atoms with van der Waals surface area (Å²) in [7, 11) is 0. The minimum absolute atomic E-state index is 0.0708. The number of aliphatic carboxylic acids is 1. The number of carboxylic acid groups (broad SMARTS) is 1. The molecule has 0 amide bonds. The fourth-order valence-electron chi connectivity index (χ4n) is 1.43. The Morgan fingerprint density at radius 1 is 1.79 bits per heavy atom. The highest BCUT2D eigenvalue weighted by Gasteiger charge is 2.33. The van der Waals surface area contributed by atoms with E-state index in [9.17, 15) is 4.79 Å². The first-order valence-corrected chi connectivity index (χ1v) is 5.41. The van der Waals surface area contributed by atoms with Crippen LogP contribution in [0.3, 0.4) is 0 Å². The molecule has 1 aromatic rings. The largest absolute Gasteiger partial charge is 0.481 e. The lowest BCUT2D eigenvalue weighted by Crippen LogP contribution is -2.42. The van der Waals surface area contributed by atoms with Crippen molar-refractivity contribution in [1.82, 2.24) is 0 Å². The number of carbonyl (C=O) groups is 1. The number of rotatable bonds is 4. The lowest BCUT2D eigenvalue weighted by molar-refractivity contribution is -0.138. The van der Waals surface area contributed by atoms with Crippen LogP contribution in [0.25, 0.3) is 0 Å². The van der Waals surface area contributed by atoms with Crippen LogP contribution in [-0.2, 0) is 10.2 Å². The summed E-state index contributed by atoms with van der Waals surface area (Å²) < 4.78 is 0. The number of thiophene rings is 1. The van der Waals surface area contributed by atoms with E-state index < -0.39 is 11.4 Å². The number of hydrogen-bond acceptors (Lipinski definition) is 3. The zero-order chi connectivity index (χ0) is 10.8. The van der Waals surface area contributed by atoms with Gasteiger partial charge >= 0.3 is 5.97 Å². The van der Waals surface area contributed by atoms with Crippen molar-refractivity contribution in [3.8, 4) is 0 Å². The fraction of sp³-hybridized carbons (Fsp3) is 0.500. The van der Waals surface area contributed by atoms with Gasteiger partial charge in [0.15, 0.2) is 0 Å². The number of nitrogens with two attached hydrogens (primary N) is 1. The molecule has 3 N–H and O–H groups in total. The lowest BCUT2D eigenvalue weighted by Gasteiger charge is -2.31. The molecular weight excluding hydrogens is 198 g/mol. The highest BCUT2D eigenvalue weighted by atomic mass is 32.1. The molecule has 0 aliphatic carbocycles. The maximum absolute atomic E-state index is 10.8. The summed E-state index contributed by atoms with van der Waals surface area (Å²) in [5.74, 6) is -0.809. The second-order valence-electron chi connectivity index (χ2n) is 3.79. The smallest absolute Gasteiger partial charge is 0.304 e. The van der Waals surface area contributed by atoms with Crippen LogP contribution in [0, 0.1) is 0 Å². The monoisotopic (exact) mass is 213 g/mol. The molecule has 4 heteroatoms. The fourth-order valence-corrected chi connectivity index (χ4v) is 2.23. The Morgan fingerprint density at radius 2 is 2.43 bits per heavy atom. The summed E-state index contributed by atoms with van der Waals surface area (Å²) in [5.41, 5.74) is 6.40. The predicted molar refractivity (Wildman–Crippen MR) is 57.6 cm³/mol. The Balaban J connectivity index is 2.99. The Labute approximate surface area is 87.6 Å². The van der Waals surface area contributed by atoms with E-state index in [-0.39, 0.29) is 12.5 Å². The number of hydrogen-bond donors (Lipinski definition) is 2. The van der Waals surface area contributed by atoms with Crippen LogP contribution in [0.2, 0.25) is 0 Å². The van der Waals surface area contributed by atoms with Gasteiger partial charge < -0.3 is 10.8 Å². The summed E-state index contributed by atoms with van der Waals surface area (Å²) in [4.78, 5) is 10.8. The van der Waals surface area contributed by atoms with E-state index in [0.29, 0.717) is 0 Å². The third-order valence-corrected chi connectivity index (χ3v) is 3.39. The minimum Gasteiger partial charge on any atom is -0.481 e. The van der Waals surface area contributed by atoms with Crippen LogP contribution in [0.15, 0.2) is 16.8 Å². The van der Waals surface area contributed by atoms with Crippen molar-refractivity contribution in [2.24, 2.45) is 5.73 Å². The normalized spacial score (nSPS) is 17.4. The summed E-state index contributed by atoms with van der Waals surface area (Å²) in [6, 6.07) is 1.77. The highest BCUT2D eigenvalue weighted by Crippen LogP contribution is 2.31. The van der Waals surface area contributed by atoms with Gasteiger partial charge in [0.2, 0.25) is 0 Å². The first kappa shape index (κ1) is 11.2. The summed E-state index contributed by atoms with van der Waals surface area (Å²) in [6.07, 6.45) is 0.0708. The van der Waals surface area contributed by atoms with E-state index >= 15 is 0 Å². The van der Waals surface area contributed by atoms with Gasteiger partial charge in [0.05, 0.1) is 6.42 Å². The second kappa shape index (κ2) is 4.11. The van der Waals surface area contributed by atoms with E-state index in [2.05, 4.69) is 0 Å². The lowest BCUT2D eigenvalue weighted by atomic mass is 9.75. The maximum atomic E-state index is 10.8. The molecule has 3 nitrogen and oxygen atoms in total. The number of carboxylic acids is 1. The van der Waals surface area contributed by atoms with Gasteiger partial charge in [-0.25, -0.2) is 0 Å². The molecule has 0 aliphatic rings. The molecule has 0 bridgehead atoms. The average Bonchev–Trinajstić information content (AvgIpc) is 2.53. The molecule has 2 unspecified atom stereocenters. The van der Waals surface area contributed by atoms with Crippen molar-refractivity contribution in [2.45, 2.75) is 31.7 Å². The van der Waals surface area contributed by atoms with E-state index in [0.717, 1.165) is 5.56 Å². The van der Waals surface area contributed by atoms with E-state index in [1.54, 1.807) is 11.3 Å². The van der Waals surface area contributed by atoms with Crippen molar-refractivity contribution in [3.05, 3.63) is 22.4 Å². The molecule has 14 heavy (non-hydrogen) atoms. The first-order chi connectivity index (χ1) is 6.47. The van der Waals surface area contributed by atoms with Crippen LogP contribution in [0.1, 0.15) is 25.8 Å². The van der Waals surface area contributed by atoms with E-state index in [1.165, 1.54) is 0 Å². The second-order valence-corrected chi connectivity index (χ2v) is 4.57. The molecule has 0 aliphatic heterocycles. The molecule has 78 valence electrons. The molecule has 1 heterocycles. The molecular formula is C10H15NO2S. The van der Waals surface area contributed by atoms with Crippen molar-refractivity contribution in [1.29, 1.82) is 0 Å². The van der Waals surface area contributed by atoms with Gasteiger partial charge in [0, 0.05) is 11.5 Å². The summed E-state index contributed by atoms with van der Waals surface area (Å²) >= 11 is 1.56. The van der Waals surface area contributed by atoms with Crippen molar-refractivity contribution in [3.63, 3.8) is 0 Å². The highest BCUT2D eigenvalue weighted by molar-refractivity contribution is 7.08. The van der Waals surface area contributed by atoms with Crippen LogP contribution in [-0.4, -0.2) is 17.1 Å². The van der Waals surface area contributed by atoms with Crippen LogP contribution < -0.4 is 5.73 Å². The van der Waals surface area contributed by atoms with Crippen LogP contribution >= 0.6 is 11.3 Å². The van der Waals surface area contributed by atoms with Gasteiger partial charge in [0.1, 0.15) is 0 Å². The Morgan fingerprint density at radius 3 is 2.79 bits per heavy atom. The van der Waals surface area contributed by atoms with Gasteiger partial charge in [-0.3, -0.25) is 4.79 Å². The predicted octanol–water partition coefficient (Wildman–Crippen LogP) is 1.83. The molecule has 0 saturated heterocycles.